The number of aromatic nitrogens is 3. The summed E-state index contributed by atoms with van der Waals surface area (Å²) in [6.45, 7) is 1.78. The molecule has 120 valence electrons. The number of nitrogens with zero attached hydrogens (tertiary/aromatic N) is 3. The molecule has 1 atom stereocenters. The van der Waals surface area contributed by atoms with Gasteiger partial charge in [0.05, 0.1) is 0 Å². The summed E-state index contributed by atoms with van der Waals surface area (Å²) in [7, 11) is 0. The lowest BCUT2D eigenvalue weighted by atomic mass is 10.0. The predicted molar refractivity (Wildman–Crippen MR) is 87.3 cm³/mol. The predicted octanol–water partition coefficient (Wildman–Crippen LogP) is 3.92. The number of hydrogen-bond acceptors (Lipinski definition) is 3. The quantitative estimate of drug-likeness (QED) is 0.777. The van der Waals surface area contributed by atoms with E-state index in [0.29, 0.717) is 17.3 Å². The maximum absolute atomic E-state index is 13.7. The highest BCUT2D eigenvalue weighted by atomic mass is 19.1. The Morgan fingerprint density at radius 1 is 1.04 bits per heavy atom. The number of rotatable bonds is 2. The van der Waals surface area contributed by atoms with E-state index in [1.807, 2.05) is 36.4 Å². The molecule has 0 bridgehead atoms. The van der Waals surface area contributed by atoms with Crippen LogP contribution >= 0.6 is 0 Å². The van der Waals surface area contributed by atoms with E-state index in [0.717, 1.165) is 17.3 Å². The van der Waals surface area contributed by atoms with Crippen LogP contribution in [0.5, 0.6) is 0 Å². The Hall–Kier alpha value is -3.02. The summed E-state index contributed by atoms with van der Waals surface area (Å²) in [5.41, 5.74) is 2.27. The minimum Gasteiger partial charge on any atom is -0.324 e. The van der Waals surface area contributed by atoms with Crippen molar-refractivity contribution in [3.05, 3.63) is 83.2 Å². The van der Waals surface area contributed by atoms with E-state index in [9.17, 15) is 8.78 Å². The molecule has 24 heavy (non-hydrogen) atoms. The van der Waals surface area contributed by atoms with Crippen LogP contribution in [0.4, 0.5) is 14.7 Å². The molecule has 0 saturated carbocycles. The second kappa shape index (κ2) is 5.56. The summed E-state index contributed by atoms with van der Waals surface area (Å²) < 4.78 is 29.0. The smallest absolute Gasteiger partial charge is 0.226 e. The number of nitrogens with one attached hydrogen (secondary N) is 1. The van der Waals surface area contributed by atoms with Crippen molar-refractivity contribution in [3.8, 4) is 0 Å². The van der Waals surface area contributed by atoms with E-state index < -0.39 is 17.7 Å². The van der Waals surface area contributed by atoms with Crippen LogP contribution in [0.25, 0.3) is 5.70 Å². The number of hydrogen-bond donors (Lipinski definition) is 1. The molecule has 0 unspecified atom stereocenters. The Morgan fingerprint density at radius 2 is 1.75 bits per heavy atom. The van der Waals surface area contributed by atoms with Crippen LogP contribution in [-0.4, -0.2) is 14.8 Å². The first-order chi connectivity index (χ1) is 11.6. The number of benzene rings is 2. The van der Waals surface area contributed by atoms with Crippen molar-refractivity contribution in [2.45, 2.75) is 13.0 Å². The summed E-state index contributed by atoms with van der Waals surface area (Å²) in [6.07, 6.45) is 1.89. The molecule has 0 radical (unpaired) electrons. The maximum atomic E-state index is 13.7. The van der Waals surface area contributed by atoms with Gasteiger partial charge in [-0.25, -0.2) is 13.5 Å². The Labute approximate surface area is 137 Å². The highest BCUT2D eigenvalue weighted by Gasteiger charge is 2.25. The average Bonchev–Trinajstić information content (AvgIpc) is 2.94. The van der Waals surface area contributed by atoms with Gasteiger partial charge in [0, 0.05) is 11.8 Å². The normalized spacial score (nSPS) is 16.3. The van der Waals surface area contributed by atoms with E-state index in [-0.39, 0.29) is 0 Å². The third-order valence-corrected chi connectivity index (χ3v) is 3.88. The van der Waals surface area contributed by atoms with Gasteiger partial charge in [-0.3, -0.25) is 0 Å². The zero-order valence-corrected chi connectivity index (χ0v) is 12.9. The Kier molecular flexibility index (Phi) is 3.37. The molecular formula is C18H14F2N4. The van der Waals surface area contributed by atoms with Gasteiger partial charge in [0.15, 0.2) is 0 Å². The fraction of sp³-hybridized carbons (Fsp3) is 0.111. The van der Waals surface area contributed by atoms with Crippen LogP contribution < -0.4 is 5.32 Å². The molecule has 6 heteroatoms. The first kappa shape index (κ1) is 14.6. The van der Waals surface area contributed by atoms with Gasteiger partial charge in [-0.2, -0.15) is 10.1 Å². The number of anilines is 1. The SMILES string of the molecule is Cc1nc2n(n1)[C@@H](c1cc(F)cc(F)c1)C=C(c1ccccc1)N2. The lowest BCUT2D eigenvalue weighted by Crippen LogP contribution is -2.20. The molecule has 4 nitrogen and oxygen atoms in total. The van der Waals surface area contributed by atoms with Crippen molar-refractivity contribution >= 4 is 11.6 Å². The van der Waals surface area contributed by atoms with Crippen LogP contribution in [0.1, 0.15) is 23.0 Å². The maximum Gasteiger partial charge on any atom is 0.226 e. The number of allylic oxidation sites excluding steroid dienone is 1. The molecule has 0 saturated heterocycles. The van der Waals surface area contributed by atoms with E-state index in [1.165, 1.54) is 12.1 Å². The van der Waals surface area contributed by atoms with E-state index in [1.54, 1.807) is 11.6 Å². The lowest BCUT2D eigenvalue weighted by Gasteiger charge is -2.24. The summed E-state index contributed by atoms with van der Waals surface area (Å²) >= 11 is 0. The standard InChI is InChI=1S/C18H14F2N4/c1-11-21-18-22-16(12-5-3-2-4-6-12)10-17(24(18)23-11)13-7-14(19)9-15(20)8-13/h2-10,17H,1H3,(H,21,22,23)/t17-/m1/s1. The molecule has 2 heterocycles. The largest absolute Gasteiger partial charge is 0.324 e. The molecule has 1 aromatic heterocycles. The number of halogens is 2. The first-order valence-electron chi connectivity index (χ1n) is 7.53. The number of aryl methyl sites for hydroxylation is 1. The van der Waals surface area contributed by atoms with Crippen LogP contribution in [0.2, 0.25) is 0 Å². The van der Waals surface area contributed by atoms with Crippen LogP contribution in [0.3, 0.4) is 0 Å². The van der Waals surface area contributed by atoms with Crippen molar-refractivity contribution in [1.82, 2.24) is 14.8 Å². The monoisotopic (exact) mass is 324 g/mol. The fourth-order valence-corrected chi connectivity index (χ4v) is 2.87. The molecule has 4 rings (SSSR count). The van der Waals surface area contributed by atoms with Crippen molar-refractivity contribution in [3.63, 3.8) is 0 Å². The average molecular weight is 324 g/mol. The van der Waals surface area contributed by atoms with Gasteiger partial charge in [0.1, 0.15) is 23.5 Å². The minimum atomic E-state index is -0.614. The van der Waals surface area contributed by atoms with Crippen molar-refractivity contribution in [2.75, 3.05) is 5.32 Å². The van der Waals surface area contributed by atoms with Crippen LogP contribution in [-0.2, 0) is 0 Å². The van der Waals surface area contributed by atoms with Crippen molar-refractivity contribution in [2.24, 2.45) is 0 Å². The highest BCUT2D eigenvalue weighted by Crippen LogP contribution is 2.32. The molecule has 0 amide bonds. The van der Waals surface area contributed by atoms with Crippen LogP contribution in [0.15, 0.2) is 54.6 Å². The molecule has 1 aliphatic rings. The summed E-state index contributed by atoms with van der Waals surface area (Å²) in [4.78, 5) is 4.36. The molecule has 0 fully saturated rings. The molecule has 3 aromatic rings. The van der Waals surface area contributed by atoms with Gasteiger partial charge in [-0.15, -0.1) is 0 Å². The van der Waals surface area contributed by atoms with Crippen LogP contribution in [0, 0.1) is 18.6 Å². The van der Waals surface area contributed by atoms with E-state index >= 15 is 0 Å². The van der Waals surface area contributed by atoms with Gasteiger partial charge in [-0.1, -0.05) is 30.3 Å². The zero-order chi connectivity index (χ0) is 16.7. The first-order valence-corrected chi connectivity index (χ1v) is 7.53. The van der Waals surface area contributed by atoms with Gasteiger partial charge in [0.2, 0.25) is 5.95 Å². The zero-order valence-electron chi connectivity index (χ0n) is 12.9. The van der Waals surface area contributed by atoms with Crippen molar-refractivity contribution < 1.29 is 8.78 Å². The summed E-state index contributed by atoms with van der Waals surface area (Å²) in [6, 6.07) is 12.8. The molecular weight excluding hydrogens is 310 g/mol. The Morgan fingerprint density at radius 3 is 2.46 bits per heavy atom. The lowest BCUT2D eigenvalue weighted by molar-refractivity contribution is 0.560. The minimum absolute atomic E-state index is 0.442. The molecule has 1 aliphatic heterocycles. The summed E-state index contributed by atoms with van der Waals surface area (Å²) in [5, 5.41) is 7.58. The van der Waals surface area contributed by atoms with Gasteiger partial charge in [0.25, 0.3) is 0 Å². The number of fused-ring (bicyclic) bond motifs is 1. The Bertz CT molecular complexity index is 911. The highest BCUT2D eigenvalue weighted by molar-refractivity contribution is 5.77. The van der Waals surface area contributed by atoms with Gasteiger partial charge < -0.3 is 5.32 Å². The molecule has 0 spiro atoms. The molecule has 2 aromatic carbocycles. The summed E-state index contributed by atoms with van der Waals surface area (Å²) in [5.74, 6) is -0.0984. The second-order valence-electron chi connectivity index (χ2n) is 5.65. The Balaban J connectivity index is 1.87. The molecule has 0 aliphatic carbocycles. The van der Waals surface area contributed by atoms with Gasteiger partial charge >= 0.3 is 0 Å². The molecule has 1 N–H and O–H groups in total. The van der Waals surface area contributed by atoms with E-state index in [2.05, 4.69) is 15.4 Å². The van der Waals surface area contributed by atoms with E-state index in [4.69, 9.17) is 0 Å². The second-order valence-corrected chi connectivity index (χ2v) is 5.65. The fourth-order valence-electron chi connectivity index (χ4n) is 2.87. The third-order valence-electron chi connectivity index (χ3n) is 3.88. The van der Waals surface area contributed by atoms with Crippen molar-refractivity contribution in [1.29, 1.82) is 0 Å². The van der Waals surface area contributed by atoms with Gasteiger partial charge in [-0.05, 0) is 36.3 Å². The third kappa shape index (κ3) is 2.56. The topological polar surface area (TPSA) is 42.7 Å².